The minimum atomic E-state index is 1.07. The van der Waals surface area contributed by atoms with Crippen molar-refractivity contribution in [2.75, 3.05) is 0 Å². The molecule has 3 aliphatic carbocycles. The highest BCUT2D eigenvalue weighted by Crippen LogP contribution is 2.38. The van der Waals surface area contributed by atoms with Gasteiger partial charge in [-0.1, -0.05) is 48.6 Å². The predicted molar refractivity (Wildman–Crippen MR) is 55.2 cm³/mol. The van der Waals surface area contributed by atoms with Crippen molar-refractivity contribution in [2.24, 2.45) is 0 Å². The molecule has 62 valence electrons. The summed E-state index contributed by atoms with van der Waals surface area (Å²) in [6.07, 6.45) is 18.5. The molecule has 0 aliphatic heterocycles. The van der Waals surface area contributed by atoms with Gasteiger partial charge in [-0.3, -0.25) is 0 Å². The van der Waals surface area contributed by atoms with Crippen molar-refractivity contribution in [1.82, 2.24) is 0 Å². The van der Waals surface area contributed by atoms with Crippen LogP contribution in [0.5, 0.6) is 0 Å². The fourth-order valence-corrected chi connectivity index (χ4v) is 2.04. The van der Waals surface area contributed by atoms with Crippen LogP contribution in [0.15, 0.2) is 70.9 Å². The Morgan fingerprint density at radius 1 is 0.846 bits per heavy atom. The molecule has 0 aromatic rings. The van der Waals surface area contributed by atoms with Crippen molar-refractivity contribution < 1.29 is 0 Å². The van der Waals surface area contributed by atoms with E-state index in [0.717, 1.165) is 6.42 Å². The highest BCUT2D eigenvalue weighted by atomic mass is 14.2. The minimum absolute atomic E-state index is 1.07. The van der Waals surface area contributed by atoms with Gasteiger partial charge in [-0.2, -0.15) is 0 Å². The zero-order chi connectivity index (χ0) is 8.67. The van der Waals surface area contributed by atoms with Crippen LogP contribution in [0.1, 0.15) is 6.42 Å². The maximum Gasteiger partial charge on any atom is -0.00762 e. The Bertz CT molecular complexity index is 411. The van der Waals surface area contributed by atoms with Gasteiger partial charge in [-0.25, -0.2) is 0 Å². The molecule has 0 spiro atoms. The molecule has 2 bridgehead atoms. The summed E-state index contributed by atoms with van der Waals surface area (Å²) in [5.41, 5.74) is 5.65. The third kappa shape index (κ3) is 0.919. The maximum atomic E-state index is 2.22. The Morgan fingerprint density at radius 3 is 2.15 bits per heavy atom. The molecular weight excluding hydrogens is 156 g/mol. The van der Waals surface area contributed by atoms with Gasteiger partial charge in [0.15, 0.2) is 0 Å². The lowest BCUT2D eigenvalue weighted by molar-refractivity contribution is 1.23. The predicted octanol–water partition coefficient (Wildman–Crippen LogP) is 3.24. The van der Waals surface area contributed by atoms with Crippen LogP contribution in [0.25, 0.3) is 0 Å². The van der Waals surface area contributed by atoms with Crippen molar-refractivity contribution in [3.63, 3.8) is 0 Å². The van der Waals surface area contributed by atoms with Crippen LogP contribution in [0.4, 0.5) is 0 Å². The second kappa shape index (κ2) is 2.46. The Hall–Kier alpha value is -1.56. The van der Waals surface area contributed by atoms with Crippen molar-refractivity contribution in [1.29, 1.82) is 0 Å². The number of hydrogen-bond donors (Lipinski definition) is 0. The Kier molecular flexibility index (Phi) is 1.31. The molecule has 0 N–H and O–H groups in total. The van der Waals surface area contributed by atoms with E-state index in [0.29, 0.717) is 0 Å². The molecule has 0 aromatic carbocycles. The lowest BCUT2D eigenvalue weighted by atomic mass is 9.97. The van der Waals surface area contributed by atoms with E-state index in [2.05, 4.69) is 48.6 Å². The lowest BCUT2D eigenvalue weighted by Gasteiger charge is -2.07. The van der Waals surface area contributed by atoms with Gasteiger partial charge in [-0.05, 0) is 28.7 Å². The molecule has 0 saturated heterocycles. The first-order valence-corrected chi connectivity index (χ1v) is 4.62. The standard InChI is InChI=1S/C13H10/c1-2-4-10(5-3-1)13-11-6-7-12(13)9-8-11/h1-4,6-9H,5H2. The molecule has 0 nitrogen and oxygen atoms in total. The van der Waals surface area contributed by atoms with Crippen LogP contribution in [-0.2, 0) is 0 Å². The van der Waals surface area contributed by atoms with Gasteiger partial charge >= 0.3 is 0 Å². The summed E-state index contributed by atoms with van der Waals surface area (Å²) >= 11 is 0. The number of allylic oxidation sites excluding steroid dienone is 12. The number of fused-ring (bicyclic) bond motifs is 2. The summed E-state index contributed by atoms with van der Waals surface area (Å²) in [5.74, 6) is 0. The van der Waals surface area contributed by atoms with Gasteiger partial charge in [0.05, 0.1) is 0 Å². The van der Waals surface area contributed by atoms with E-state index in [1.54, 1.807) is 0 Å². The lowest BCUT2D eigenvalue weighted by Crippen LogP contribution is -1.89. The molecule has 0 radical (unpaired) electrons. The molecule has 0 unspecified atom stereocenters. The zero-order valence-electron chi connectivity index (χ0n) is 7.33. The average molecular weight is 166 g/mol. The molecule has 3 rings (SSSR count). The van der Waals surface area contributed by atoms with E-state index in [9.17, 15) is 0 Å². The van der Waals surface area contributed by atoms with Crippen molar-refractivity contribution in [2.45, 2.75) is 6.42 Å². The first-order chi connectivity index (χ1) is 6.45. The summed E-state index contributed by atoms with van der Waals surface area (Å²) in [4.78, 5) is 0. The average Bonchev–Trinajstić information content (AvgIpc) is 2.78. The molecule has 0 heterocycles. The second-order valence-electron chi connectivity index (χ2n) is 3.47. The first-order valence-electron chi connectivity index (χ1n) is 4.62. The largest absolute Gasteiger partial charge is 0.0801 e. The van der Waals surface area contributed by atoms with Crippen LogP contribution in [-0.4, -0.2) is 0 Å². The zero-order valence-corrected chi connectivity index (χ0v) is 7.33. The van der Waals surface area contributed by atoms with Gasteiger partial charge in [0.1, 0.15) is 0 Å². The summed E-state index contributed by atoms with van der Waals surface area (Å²) in [6, 6.07) is 0. The van der Waals surface area contributed by atoms with Crippen molar-refractivity contribution >= 4 is 0 Å². The highest BCUT2D eigenvalue weighted by molar-refractivity contribution is 5.72. The monoisotopic (exact) mass is 166 g/mol. The summed E-state index contributed by atoms with van der Waals surface area (Å²) in [5, 5.41) is 0. The van der Waals surface area contributed by atoms with Gasteiger partial charge in [0, 0.05) is 0 Å². The molecule has 13 heavy (non-hydrogen) atoms. The van der Waals surface area contributed by atoms with Crippen LogP contribution >= 0.6 is 0 Å². The summed E-state index contributed by atoms with van der Waals surface area (Å²) in [7, 11) is 0. The van der Waals surface area contributed by atoms with Gasteiger partial charge in [0.2, 0.25) is 0 Å². The Morgan fingerprint density at radius 2 is 1.62 bits per heavy atom. The van der Waals surface area contributed by atoms with Gasteiger partial charge in [-0.15, -0.1) is 0 Å². The normalized spacial score (nSPS) is 22.8. The van der Waals surface area contributed by atoms with Crippen LogP contribution in [0.2, 0.25) is 0 Å². The van der Waals surface area contributed by atoms with E-state index in [1.165, 1.54) is 22.3 Å². The fraction of sp³-hybridized carbons (Fsp3) is 0.0769. The van der Waals surface area contributed by atoms with E-state index >= 15 is 0 Å². The van der Waals surface area contributed by atoms with Crippen LogP contribution < -0.4 is 0 Å². The SMILES string of the molecule is C1=CCC(=C2C3=CC=C2C=C3)C=C1. The maximum absolute atomic E-state index is 2.22. The van der Waals surface area contributed by atoms with E-state index in [4.69, 9.17) is 0 Å². The second-order valence-corrected chi connectivity index (χ2v) is 3.47. The molecular formula is C13H10. The Labute approximate surface area is 78.0 Å². The molecule has 0 amide bonds. The highest BCUT2D eigenvalue weighted by Gasteiger charge is 2.20. The van der Waals surface area contributed by atoms with Gasteiger partial charge in [0.25, 0.3) is 0 Å². The number of rotatable bonds is 0. The first kappa shape index (κ1) is 6.90. The molecule has 0 heteroatoms. The van der Waals surface area contributed by atoms with E-state index < -0.39 is 0 Å². The quantitative estimate of drug-likeness (QED) is 0.518. The third-order valence-corrected chi connectivity index (χ3v) is 2.67. The summed E-state index contributed by atoms with van der Waals surface area (Å²) < 4.78 is 0. The molecule has 0 fully saturated rings. The molecule has 0 aromatic heterocycles. The van der Waals surface area contributed by atoms with Crippen LogP contribution in [0.3, 0.4) is 0 Å². The molecule has 0 atom stereocenters. The topological polar surface area (TPSA) is 0 Å². The van der Waals surface area contributed by atoms with E-state index in [1.807, 2.05) is 0 Å². The fourth-order valence-electron chi connectivity index (χ4n) is 2.04. The Balaban J connectivity index is 2.13. The number of hydrogen-bond acceptors (Lipinski definition) is 0. The van der Waals surface area contributed by atoms with Crippen molar-refractivity contribution in [3.05, 3.63) is 70.9 Å². The minimum Gasteiger partial charge on any atom is -0.0801 e. The van der Waals surface area contributed by atoms with E-state index in [-0.39, 0.29) is 0 Å². The van der Waals surface area contributed by atoms with Crippen molar-refractivity contribution in [3.8, 4) is 0 Å². The molecule has 0 saturated carbocycles. The smallest absolute Gasteiger partial charge is 0.00762 e. The van der Waals surface area contributed by atoms with Crippen LogP contribution in [0, 0.1) is 0 Å². The molecule has 3 aliphatic rings. The third-order valence-electron chi connectivity index (χ3n) is 2.67. The van der Waals surface area contributed by atoms with Gasteiger partial charge < -0.3 is 0 Å². The summed E-state index contributed by atoms with van der Waals surface area (Å²) in [6.45, 7) is 0.